The van der Waals surface area contributed by atoms with E-state index in [-0.39, 0.29) is 0 Å². The lowest BCUT2D eigenvalue weighted by molar-refractivity contribution is 0.177. The molecule has 0 atom stereocenters. The smallest absolute Gasteiger partial charge is 0.0693 e. The molecule has 0 aliphatic carbocycles. The predicted molar refractivity (Wildman–Crippen MR) is 58.0 cm³/mol. The van der Waals surface area contributed by atoms with Crippen LogP contribution in [0.5, 0.6) is 0 Å². The van der Waals surface area contributed by atoms with Gasteiger partial charge in [-0.3, -0.25) is 0 Å². The van der Waals surface area contributed by atoms with Crippen LogP contribution in [0.25, 0.3) is 0 Å². The van der Waals surface area contributed by atoms with Crippen molar-refractivity contribution in [1.82, 2.24) is 0 Å². The first-order chi connectivity index (χ1) is 5.26. The minimum absolute atomic E-state index is 0.544. The van der Waals surface area contributed by atoms with Gasteiger partial charge in [-0.2, -0.15) is 0 Å². The Morgan fingerprint density at radius 3 is 1.42 bits per heavy atom. The highest BCUT2D eigenvalue weighted by Gasteiger charge is 2.48. The summed E-state index contributed by atoms with van der Waals surface area (Å²) in [6, 6.07) is 0. The van der Waals surface area contributed by atoms with Crippen molar-refractivity contribution in [2.24, 2.45) is 10.8 Å². The van der Waals surface area contributed by atoms with Crippen molar-refractivity contribution >= 4 is 6.71 Å². The van der Waals surface area contributed by atoms with Gasteiger partial charge in [0.25, 0.3) is 0 Å². The molecule has 1 rings (SSSR count). The van der Waals surface area contributed by atoms with Crippen molar-refractivity contribution in [3.05, 3.63) is 0 Å². The fraction of sp³-hybridized carbons (Fsp3) is 1.00. The van der Waals surface area contributed by atoms with Gasteiger partial charge in [-0.15, -0.1) is 0 Å². The average Bonchev–Trinajstić information content (AvgIpc) is 2.03. The van der Waals surface area contributed by atoms with E-state index in [1.165, 1.54) is 12.6 Å². The highest BCUT2D eigenvalue weighted by atomic mass is 14.4. The first-order valence-corrected chi connectivity index (χ1v) is 5.26. The molecule has 1 fully saturated rings. The Balaban J connectivity index is 2.74. The largest absolute Gasteiger partial charge is 0.143 e. The molecule has 12 heavy (non-hydrogen) atoms. The van der Waals surface area contributed by atoms with E-state index in [2.05, 4.69) is 41.5 Å². The van der Waals surface area contributed by atoms with Crippen LogP contribution < -0.4 is 0 Å². The van der Waals surface area contributed by atoms with Crippen molar-refractivity contribution in [3.8, 4) is 0 Å². The zero-order valence-corrected chi connectivity index (χ0v) is 9.57. The second-order valence-electron chi connectivity index (χ2n) is 6.18. The molecule has 0 nitrogen and oxygen atoms in total. The first kappa shape index (κ1) is 10.1. The Hall–Kier alpha value is 0.0649. The third-order valence-corrected chi connectivity index (χ3v) is 4.32. The fourth-order valence-corrected chi connectivity index (χ4v) is 2.41. The summed E-state index contributed by atoms with van der Waals surface area (Å²) < 4.78 is 0. The first-order valence-electron chi connectivity index (χ1n) is 5.26. The molecule has 70 valence electrons. The van der Waals surface area contributed by atoms with Gasteiger partial charge in [-0.25, -0.2) is 0 Å². The molecule has 1 aliphatic heterocycles. The lowest BCUT2D eigenvalue weighted by Gasteiger charge is -2.35. The van der Waals surface area contributed by atoms with Crippen molar-refractivity contribution < 1.29 is 0 Å². The summed E-state index contributed by atoms with van der Waals surface area (Å²) in [4.78, 5) is 0. The molecule has 0 spiro atoms. The summed E-state index contributed by atoms with van der Waals surface area (Å²) in [5.74, 6) is 0.867. The van der Waals surface area contributed by atoms with Crippen LogP contribution in [-0.2, 0) is 0 Å². The lowest BCUT2D eigenvalue weighted by atomic mass is 9.39. The summed E-state index contributed by atoms with van der Waals surface area (Å²) in [7, 11) is 0. The highest BCUT2D eigenvalue weighted by Crippen LogP contribution is 2.54. The second kappa shape index (κ2) is 2.78. The molecule has 0 N–H and O–H groups in total. The molecule has 1 saturated heterocycles. The van der Waals surface area contributed by atoms with Gasteiger partial charge < -0.3 is 0 Å². The van der Waals surface area contributed by atoms with Gasteiger partial charge >= 0.3 is 0 Å². The zero-order chi connectivity index (χ0) is 9.57. The quantitative estimate of drug-likeness (QED) is 0.517. The highest BCUT2D eigenvalue weighted by molar-refractivity contribution is 6.61. The molecular formula is C11H23B. The van der Waals surface area contributed by atoms with Crippen LogP contribution in [0.3, 0.4) is 0 Å². The molecule has 0 amide bonds. The van der Waals surface area contributed by atoms with Crippen molar-refractivity contribution in [2.75, 3.05) is 0 Å². The molecule has 0 aromatic rings. The van der Waals surface area contributed by atoms with Crippen molar-refractivity contribution in [3.63, 3.8) is 0 Å². The minimum Gasteiger partial charge on any atom is -0.0693 e. The maximum Gasteiger partial charge on any atom is 0.143 e. The minimum atomic E-state index is 0.544. The van der Waals surface area contributed by atoms with E-state index in [9.17, 15) is 0 Å². The van der Waals surface area contributed by atoms with Gasteiger partial charge in [-0.05, 0) is 10.8 Å². The van der Waals surface area contributed by atoms with Gasteiger partial charge in [0.05, 0.1) is 0 Å². The summed E-state index contributed by atoms with van der Waals surface area (Å²) in [6.45, 7) is 15.4. The van der Waals surface area contributed by atoms with Crippen LogP contribution in [0.1, 0.15) is 41.5 Å². The van der Waals surface area contributed by atoms with Gasteiger partial charge in [-0.1, -0.05) is 60.0 Å². The van der Waals surface area contributed by atoms with Gasteiger partial charge in [0.15, 0.2) is 0 Å². The molecule has 0 aromatic carbocycles. The Bertz CT molecular complexity index is 152. The Kier molecular flexibility index (Phi) is 2.35. The number of rotatable bonds is 1. The Morgan fingerprint density at radius 2 is 1.25 bits per heavy atom. The zero-order valence-electron chi connectivity index (χ0n) is 9.57. The fourth-order valence-electron chi connectivity index (χ4n) is 2.41. The van der Waals surface area contributed by atoms with E-state index < -0.39 is 0 Å². The van der Waals surface area contributed by atoms with E-state index in [1.807, 2.05) is 0 Å². The second-order valence-corrected chi connectivity index (χ2v) is 6.18. The van der Waals surface area contributed by atoms with Crippen molar-refractivity contribution in [1.29, 1.82) is 0 Å². The van der Waals surface area contributed by atoms with E-state index in [0.29, 0.717) is 10.8 Å². The van der Waals surface area contributed by atoms with Crippen LogP contribution >= 0.6 is 0 Å². The molecule has 0 radical (unpaired) electrons. The predicted octanol–water partition coefficient (Wildman–Crippen LogP) is 3.96. The maximum atomic E-state index is 2.43. The van der Waals surface area contributed by atoms with E-state index in [4.69, 9.17) is 0 Å². The van der Waals surface area contributed by atoms with E-state index in [1.54, 1.807) is 0 Å². The average molecular weight is 166 g/mol. The topological polar surface area (TPSA) is 0 Å². The van der Waals surface area contributed by atoms with E-state index in [0.717, 1.165) is 12.5 Å². The van der Waals surface area contributed by atoms with Crippen LogP contribution in [0, 0.1) is 10.8 Å². The molecular weight excluding hydrogens is 143 g/mol. The maximum absolute atomic E-state index is 2.43. The van der Waals surface area contributed by atoms with E-state index >= 15 is 0 Å². The van der Waals surface area contributed by atoms with Gasteiger partial charge in [0, 0.05) is 0 Å². The third kappa shape index (κ3) is 1.55. The van der Waals surface area contributed by atoms with Crippen molar-refractivity contribution in [2.45, 2.75) is 60.0 Å². The summed E-state index contributed by atoms with van der Waals surface area (Å²) in [5, 5.41) is 0. The molecule has 0 aromatic heterocycles. The lowest BCUT2D eigenvalue weighted by Crippen LogP contribution is -2.24. The molecule has 1 heterocycles. The number of hydrogen-bond donors (Lipinski definition) is 0. The molecule has 1 heteroatoms. The SMILES string of the molecule is CC(C)B1CC(C)(C)C(C)(C)C1. The standard InChI is InChI=1S/C11H23B/c1-9(2)12-7-10(3,4)11(5,6)8-12/h9H,7-8H2,1-6H3. The van der Waals surface area contributed by atoms with Crippen LogP contribution in [0.2, 0.25) is 18.5 Å². The summed E-state index contributed by atoms with van der Waals surface area (Å²) in [6.07, 6.45) is 2.83. The van der Waals surface area contributed by atoms with Gasteiger partial charge in [0.1, 0.15) is 6.71 Å². The molecule has 1 aliphatic rings. The van der Waals surface area contributed by atoms with Crippen LogP contribution in [0.15, 0.2) is 0 Å². The molecule has 0 bridgehead atoms. The van der Waals surface area contributed by atoms with Crippen LogP contribution in [-0.4, -0.2) is 6.71 Å². The van der Waals surface area contributed by atoms with Gasteiger partial charge in [0.2, 0.25) is 0 Å². The molecule has 0 unspecified atom stereocenters. The molecule has 0 saturated carbocycles. The monoisotopic (exact) mass is 166 g/mol. The Labute approximate surface area is 78.2 Å². The third-order valence-electron chi connectivity index (χ3n) is 4.32. The summed E-state index contributed by atoms with van der Waals surface area (Å²) in [5.41, 5.74) is 1.09. The Morgan fingerprint density at radius 1 is 0.917 bits per heavy atom. The number of hydrogen-bond acceptors (Lipinski definition) is 0. The van der Waals surface area contributed by atoms with Crippen LogP contribution in [0.4, 0.5) is 0 Å². The summed E-state index contributed by atoms with van der Waals surface area (Å²) >= 11 is 0. The normalized spacial score (nSPS) is 26.8.